The van der Waals surface area contributed by atoms with Crippen LogP contribution in [-0.4, -0.2) is 17.9 Å². The first-order valence-electron chi connectivity index (χ1n) is 3.49. The number of aryl methyl sites for hydroxylation is 1. The molecule has 0 spiro atoms. The normalized spacial score (nSPS) is 9.58. The van der Waals surface area contributed by atoms with Gasteiger partial charge in [-0.15, -0.1) is 0 Å². The maximum Gasteiger partial charge on any atom is 0.253 e. The monoisotopic (exact) mass is 276 g/mol. The zero-order valence-electron chi connectivity index (χ0n) is 6.89. The van der Waals surface area contributed by atoms with E-state index >= 15 is 0 Å². The summed E-state index contributed by atoms with van der Waals surface area (Å²) in [5, 5.41) is 2.56. The second-order valence-electron chi connectivity index (χ2n) is 2.38. The van der Waals surface area contributed by atoms with Crippen molar-refractivity contribution in [2.45, 2.75) is 6.92 Å². The van der Waals surface area contributed by atoms with E-state index in [4.69, 9.17) is 0 Å². The van der Waals surface area contributed by atoms with Gasteiger partial charge in [-0.2, -0.15) is 0 Å². The molecule has 0 atom stereocenters. The Hall–Kier alpha value is -0.650. The smallest absolute Gasteiger partial charge is 0.253 e. The number of carbonyl (C=O) groups excluding carboxylic acids is 1. The standard InChI is InChI=1S/C8H9IN2O/c1-5-3-7(9)6(4-11-5)8(12)10-2/h3-4H,1-2H3,(H,10,12). The summed E-state index contributed by atoms with van der Waals surface area (Å²) in [7, 11) is 1.61. The van der Waals surface area contributed by atoms with E-state index in [-0.39, 0.29) is 5.91 Å². The van der Waals surface area contributed by atoms with Crippen LogP contribution in [0.4, 0.5) is 0 Å². The number of amides is 1. The highest BCUT2D eigenvalue weighted by molar-refractivity contribution is 14.1. The summed E-state index contributed by atoms with van der Waals surface area (Å²) < 4.78 is 0.930. The van der Waals surface area contributed by atoms with Gasteiger partial charge in [0.1, 0.15) is 0 Å². The first-order valence-corrected chi connectivity index (χ1v) is 4.57. The van der Waals surface area contributed by atoms with Crippen molar-refractivity contribution in [2.75, 3.05) is 7.05 Å². The molecule has 0 aromatic carbocycles. The highest BCUT2D eigenvalue weighted by Crippen LogP contribution is 2.11. The molecule has 0 aliphatic heterocycles. The van der Waals surface area contributed by atoms with E-state index in [0.717, 1.165) is 9.26 Å². The maximum absolute atomic E-state index is 11.2. The second kappa shape index (κ2) is 3.84. The fraction of sp³-hybridized carbons (Fsp3) is 0.250. The lowest BCUT2D eigenvalue weighted by Crippen LogP contribution is -2.19. The third-order valence-corrected chi connectivity index (χ3v) is 2.35. The molecule has 4 heteroatoms. The average molecular weight is 276 g/mol. The molecule has 0 bridgehead atoms. The Morgan fingerprint density at radius 2 is 2.33 bits per heavy atom. The number of rotatable bonds is 1. The molecular formula is C8H9IN2O. The molecule has 1 rings (SSSR count). The topological polar surface area (TPSA) is 42.0 Å². The molecule has 0 unspecified atom stereocenters. The molecule has 64 valence electrons. The van der Waals surface area contributed by atoms with Gasteiger partial charge in [0, 0.05) is 22.5 Å². The van der Waals surface area contributed by atoms with E-state index in [1.54, 1.807) is 13.2 Å². The lowest BCUT2D eigenvalue weighted by Gasteiger charge is -2.02. The van der Waals surface area contributed by atoms with Crippen molar-refractivity contribution in [1.29, 1.82) is 0 Å². The van der Waals surface area contributed by atoms with Crippen molar-refractivity contribution >= 4 is 28.5 Å². The van der Waals surface area contributed by atoms with Crippen molar-refractivity contribution < 1.29 is 4.79 Å². The van der Waals surface area contributed by atoms with Crippen LogP contribution < -0.4 is 5.32 Å². The Morgan fingerprint density at radius 3 is 2.83 bits per heavy atom. The molecule has 1 N–H and O–H groups in total. The zero-order valence-corrected chi connectivity index (χ0v) is 9.05. The van der Waals surface area contributed by atoms with Crippen LogP contribution in [-0.2, 0) is 0 Å². The number of hydrogen-bond donors (Lipinski definition) is 1. The van der Waals surface area contributed by atoms with Crippen LogP contribution in [0.3, 0.4) is 0 Å². The number of aromatic nitrogens is 1. The van der Waals surface area contributed by atoms with Crippen molar-refractivity contribution in [1.82, 2.24) is 10.3 Å². The number of carbonyl (C=O) groups is 1. The Morgan fingerprint density at radius 1 is 1.67 bits per heavy atom. The van der Waals surface area contributed by atoms with Crippen LogP contribution in [0.25, 0.3) is 0 Å². The van der Waals surface area contributed by atoms with Gasteiger partial charge in [0.05, 0.1) is 5.56 Å². The molecule has 1 aromatic heterocycles. The predicted octanol–water partition coefficient (Wildman–Crippen LogP) is 1.35. The molecular weight excluding hydrogens is 267 g/mol. The van der Waals surface area contributed by atoms with Crippen molar-refractivity contribution in [3.05, 3.63) is 27.1 Å². The summed E-state index contributed by atoms with van der Waals surface area (Å²) >= 11 is 2.12. The Bertz CT molecular complexity index is 312. The minimum Gasteiger partial charge on any atom is -0.355 e. The van der Waals surface area contributed by atoms with Crippen molar-refractivity contribution in [3.63, 3.8) is 0 Å². The second-order valence-corrected chi connectivity index (χ2v) is 3.55. The van der Waals surface area contributed by atoms with Crippen LogP contribution in [0.1, 0.15) is 16.1 Å². The number of pyridine rings is 1. The van der Waals surface area contributed by atoms with Gasteiger partial charge in [-0.3, -0.25) is 9.78 Å². The summed E-state index contributed by atoms with van der Waals surface area (Å²) in [4.78, 5) is 15.2. The van der Waals surface area contributed by atoms with Gasteiger partial charge in [0.25, 0.3) is 5.91 Å². The molecule has 0 fully saturated rings. The molecule has 0 aliphatic carbocycles. The van der Waals surface area contributed by atoms with E-state index in [2.05, 4.69) is 32.9 Å². The van der Waals surface area contributed by atoms with Gasteiger partial charge < -0.3 is 5.32 Å². The Kier molecular flexibility index (Phi) is 3.02. The van der Waals surface area contributed by atoms with Crippen LogP contribution in [0.2, 0.25) is 0 Å². The first kappa shape index (κ1) is 9.44. The van der Waals surface area contributed by atoms with Crippen LogP contribution in [0, 0.1) is 10.5 Å². The first-order chi connectivity index (χ1) is 5.65. The molecule has 0 radical (unpaired) electrons. The quantitative estimate of drug-likeness (QED) is 0.787. The minimum absolute atomic E-state index is 0.0908. The van der Waals surface area contributed by atoms with Gasteiger partial charge in [-0.05, 0) is 35.6 Å². The average Bonchev–Trinajstić information content (AvgIpc) is 2.03. The van der Waals surface area contributed by atoms with Gasteiger partial charge in [0.2, 0.25) is 0 Å². The largest absolute Gasteiger partial charge is 0.355 e. The predicted molar refractivity (Wildman–Crippen MR) is 55.1 cm³/mol. The summed E-state index contributed by atoms with van der Waals surface area (Å²) in [6.45, 7) is 1.90. The SMILES string of the molecule is CNC(=O)c1cnc(C)cc1I. The van der Waals surface area contributed by atoms with E-state index in [9.17, 15) is 4.79 Å². The van der Waals surface area contributed by atoms with Crippen molar-refractivity contribution in [2.24, 2.45) is 0 Å². The van der Waals surface area contributed by atoms with Crippen LogP contribution >= 0.6 is 22.6 Å². The lowest BCUT2D eigenvalue weighted by atomic mass is 10.2. The summed E-state index contributed by atoms with van der Waals surface area (Å²) in [5.74, 6) is -0.0908. The Balaban J connectivity index is 3.09. The van der Waals surface area contributed by atoms with Gasteiger partial charge >= 0.3 is 0 Å². The summed E-state index contributed by atoms with van der Waals surface area (Å²) in [6.07, 6.45) is 1.59. The fourth-order valence-electron chi connectivity index (χ4n) is 0.828. The van der Waals surface area contributed by atoms with E-state index in [1.165, 1.54) is 0 Å². The number of hydrogen-bond acceptors (Lipinski definition) is 2. The fourth-order valence-corrected chi connectivity index (χ4v) is 1.66. The van der Waals surface area contributed by atoms with Gasteiger partial charge in [-0.25, -0.2) is 0 Å². The molecule has 1 aromatic rings. The van der Waals surface area contributed by atoms with E-state index < -0.39 is 0 Å². The molecule has 3 nitrogen and oxygen atoms in total. The highest BCUT2D eigenvalue weighted by atomic mass is 127. The van der Waals surface area contributed by atoms with Crippen molar-refractivity contribution in [3.8, 4) is 0 Å². The molecule has 0 saturated carbocycles. The summed E-state index contributed by atoms with van der Waals surface area (Å²) in [6, 6.07) is 1.88. The number of halogens is 1. The zero-order chi connectivity index (χ0) is 9.14. The molecule has 1 amide bonds. The van der Waals surface area contributed by atoms with Gasteiger partial charge in [0.15, 0.2) is 0 Å². The molecule has 0 aliphatic rings. The van der Waals surface area contributed by atoms with E-state index in [0.29, 0.717) is 5.56 Å². The summed E-state index contributed by atoms with van der Waals surface area (Å²) in [5.41, 5.74) is 1.55. The third-order valence-electron chi connectivity index (χ3n) is 1.46. The molecule has 1 heterocycles. The van der Waals surface area contributed by atoms with Crippen LogP contribution in [0.15, 0.2) is 12.3 Å². The minimum atomic E-state index is -0.0908. The third kappa shape index (κ3) is 1.94. The van der Waals surface area contributed by atoms with E-state index in [1.807, 2.05) is 13.0 Å². The van der Waals surface area contributed by atoms with Crippen LogP contribution in [0.5, 0.6) is 0 Å². The van der Waals surface area contributed by atoms with Gasteiger partial charge in [-0.1, -0.05) is 0 Å². The maximum atomic E-state index is 11.2. The highest BCUT2D eigenvalue weighted by Gasteiger charge is 2.07. The lowest BCUT2D eigenvalue weighted by molar-refractivity contribution is 0.0962. The number of nitrogens with one attached hydrogen (secondary N) is 1. The number of nitrogens with zero attached hydrogens (tertiary/aromatic N) is 1. The molecule has 0 saturated heterocycles. The molecule has 12 heavy (non-hydrogen) atoms. The Labute approximate surface area is 84.7 Å².